The molecule has 0 radical (unpaired) electrons. The molecule has 0 fully saturated rings. The zero-order chi connectivity index (χ0) is 25.2. The van der Waals surface area contributed by atoms with Crippen LogP contribution in [0.25, 0.3) is 0 Å². The average Bonchev–Trinajstić information content (AvgIpc) is 2.85. The van der Waals surface area contributed by atoms with E-state index in [-0.39, 0.29) is 10.3 Å². The molecule has 0 bridgehead atoms. The lowest BCUT2D eigenvalue weighted by Gasteiger charge is -2.45. The molecule has 0 aliphatic carbocycles. The number of benzene rings is 4. The second-order valence-electron chi connectivity index (χ2n) is 11.4. The molecule has 0 saturated carbocycles. The van der Waals surface area contributed by atoms with Crippen molar-refractivity contribution < 1.29 is 0 Å². The summed E-state index contributed by atoms with van der Waals surface area (Å²) >= 11 is 0. The molecule has 35 heavy (non-hydrogen) atoms. The van der Waals surface area contributed by atoms with Crippen LogP contribution in [0, 0.1) is 0 Å². The number of hydrogen-bond donors (Lipinski definition) is 0. The number of rotatable bonds is 6. The molecular weight excluding hydrogens is 458 g/mol. The molecule has 0 aliphatic rings. The van der Waals surface area contributed by atoms with Crippen LogP contribution < -0.4 is 21.2 Å². The molecule has 0 unspecified atom stereocenters. The van der Waals surface area contributed by atoms with Gasteiger partial charge in [0.2, 0.25) is 0 Å². The Labute approximate surface area is 214 Å². The second kappa shape index (κ2) is 10.0. The third kappa shape index (κ3) is 4.65. The summed E-state index contributed by atoms with van der Waals surface area (Å²) in [6.45, 7) is 14.9. The highest BCUT2D eigenvalue weighted by Crippen LogP contribution is 2.80. The first-order valence-corrected chi connectivity index (χ1v) is 16.6. The molecule has 0 heterocycles. The van der Waals surface area contributed by atoms with E-state index in [1.54, 1.807) is 0 Å². The van der Waals surface area contributed by atoms with E-state index in [2.05, 4.69) is 163 Å². The van der Waals surface area contributed by atoms with Gasteiger partial charge in [0.25, 0.3) is 0 Å². The Morgan fingerprint density at radius 3 is 0.743 bits per heavy atom. The second-order valence-corrected chi connectivity index (χ2v) is 20.6. The van der Waals surface area contributed by atoms with Crippen LogP contribution in [0.4, 0.5) is 0 Å². The molecule has 4 aromatic carbocycles. The first kappa shape index (κ1) is 25.8. The van der Waals surface area contributed by atoms with Crippen molar-refractivity contribution in [2.45, 2.75) is 51.9 Å². The summed E-state index contributed by atoms with van der Waals surface area (Å²) in [5.41, 5.74) is 0. The van der Waals surface area contributed by atoms with Gasteiger partial charge in [0.05, 0.1) is 10.3 Å². The molecule has 180 valence electrons. The van der Waals surface area contributed by atoms with Crippen molar-refractivity contribution in [1.29, 1.82) is 0 Å². The Hall–Kier alpha value is -2.26. The SMILES string of the molecule is CC(C)(C)[P+](C[P+](c1ccccc1)(c1ccccc1)C(C)(C)C)(c1ccccc1)c1ccccc1. The fraction of sp³-hybridized carbons (Fsp3) is 0.273. The van der Waals surface area contributed by atoms with Gasteiger partial charge in [0.15, 0.2) is 5.90 Å². The predicted octanol–water partition coefficient (Wildman–Crippen LogP) is 7.88. The van der Waals surface area contributed by atoms with Gasteiger partial charge < -0.3 is 0 Å². The average molecular weight is 499 g/mol. The fourth-order valence-electron chi connectivity index (χ4n) is 5.65. The summed E-state index contributed by atoms with van der Waals surface area (Å²) in [4.78, 5) is 0. The minimum Gasteiger partial charge on any atom is -0.0620 e. The largest absolute Gasteiger partial charge is 0.180 e. The summed E-state index contributed by atoms with van der Waals surface area (Å²) in [6, 6.07) is 45.8. The number of hydrogen-bond acceptors (Lipinski definition) is 0. The molecule has 4 rings (SSSR count). The summed E-state index contributed by atoms with van der Waals surface area (Å²) in [5.74, 6) is 1.18. The van der Waals surface area contributed by atoms with Crippen LogP contribution in [0.2, 0.25) is 0 Å². The van der Waals surface area contributed by atoms with Gasteiger partial charge >= 0.3 is 0 Å². The first-order valence-electron chi connectivity index (χ1n) is 12.6. The maximum Gasteiger partial charge on any atom is 0.180 e. The van der Waals surface area contributed by atoms with Crippen LogP contribution in [-0.4, -0.2) is 16.2 Å². The highest BCUT2D eigenvalue weighted by atomic mass is 31.2. The van der Waals surface area contributed by atoms with E-state index in [1.165, 1.54) is 27.1 Å². The minimum absolute atomic E-state index is 0.0930. The van der Waals surface area contributed by atoms with E-state index in [4.69, 9.17) is 0 Å². The summed E-state index contributed by atoms with van der Waals surface area (Å²) in [5, 5.41) is 6.24. The first-order chi connectivity index (χ1) is 16.6. The van der Waals surface area contributed by atoms with Gasteiger partial charge in [-0.15, -0.1) is 0 Å². The maximum absolute atomic E-state index is 2.48. The van der Waals surface area contributed by atoms with Crippen molar-refractivity contribution in [3.8, 4) is 0 Å². The molecule has 4 aromatic rings. The van der Waals surface area contributed by atoms with Crippen LogP contribution >= 0.6 is 14.5 Å². The smallest absolute Gasteiger partial charge is 0.0620 e. The Kier molecular flexibility index (Phi) is 7.38. The molecule has 0 saturated heterocycles. The molecule has 0 N–H and O–H groups in total. The van der Waals surface area contributed by atoms with Gasteiger partial charge in [0, 0.05) is 0 Å². The predicted molar refractivity (Wildman–Crippen MR) is 163 cm³/mol. The van der Waals surface area contributed by atoms with Crippen LogP contribution in [0.3, 0.4) is 0 Å². The van der Waals surface area contributed by atoms with Crippen molar-refractivity contribution in [3.05, 3.63) is 121 Å². The van der Waals surface area contributed by atoms with Crippen molar-refractivity contribution in [2.24, 2.45) is 0 Å². The summed E-state index contributed by atoms with van der Waals surface area (Å²) < 4.78 is 0. The standard InChI is InChI=1S/C33H40P2/c1-32(2,3)34(28-19-11-7-12-20-28,29-21-13-8-14-22-29)27-35(33(4,5)6,30-23-15-9-16-24-30)31-25-17-10-18-26-31/h7-26H,27H2,1-6H3/q+2. The van der Waals surface area contributed by atoms with Gasteiger partial charge in [-0.1, -0.05) is 72.8 Å². The molecule has 0 nitrogen and oxygen atoms in total. The maximum atomic E-state index is 2.48. The lowest BCUT2D eigenvalue weighted by atomic mass is 10.2. The topological polar surface area (TPSA) is 0 Å². The van der Waals surface area contributed by atoms with E-state index in [0.717, 1.165) is 0 Å². The zero-order valence-electron chi connectivity index (χ0n) is 22.1. The zero-order valence-corrected chi connectivity index (χ0v) is 23.9. The van der Waals surface area contributed by atoms with E-state index < -0.39 is 14.5 Å². The van der Waals surface area contributed by atoms with Crippen molar-refractivity contribution in [3.63, 3.8) is 0 Å². The highest BCUT2D eigenvalue weighted by Gasteiger charge is 2.66. The van der Waals surface area contributed by atoms with Gasteiger partial charge in [-0.25, -0.2) is 0 Å². The van der Waals surface area contributed by atoms with Crippen molar-refractivity contribution in [2.75, 3.05) is 5.90 Å². The Morgan fingerprint density at radius 2 is 0.571 bits per heavy atom. The van der Waals surface area contributed by atoms with E-state index >= 15 is 0 Å². The highest BCUT2D eigenvalue weighted by molar-refractivity contribution is 8.05. The molecule has 0 aliphatic heterocycles. The van der Waals surface area contributed by atoms with Crippen LogP contribution in [0.15, 0.2) is 121 Å². The third-order valence-corrected chi connectivity index (χ3v) is 20.2. The normalized spacial score (nSPS) is 13.0. The molecule has 0 aromatic heterocycles. The molecule has 0 spiro atoms. The minimum atomic E-state index is -1.88. The monoisotopic (exact) mass is 498 g/mol. The van der Waals surface area contributed by atoms with Gasteiger partial charge in [-0.05, 0) is 90.1 Å². The van der Waals surface area contributed by atoms with Crippen LogP contribution in [0.5, 0.6) is 0 Å². The quantitative estimate of drug-likeness (QED) is 0.237. The van der Waals surface area contributed by atoms with E-state index in [0.29, 0.717) is 0 Å². The molecule has 0 amide bonds. The molecule has 0 atom stereocenters. The van der Waals surface area contributed by atoms with Crippen molar-refractivity contribution in [1.82, 2.24) is 0 Å². The van der Waals surface area contributed by atoms with Gasteiger partial charge in [-0.2, -0.15) is 0 Å². The van der Waals surface area contributed by atoms with Gasteiger partial charge in [0.1, 0.15) is 35.7 Å². The van der Waals surface area contributed by atoms with Crippen LogP contribution in [-0.2, 0) is 0 Å². The van der Waals surface area contributed by atoms with Gasteiger partial charge in [-0.3, -0.25) is 0 Å². The lowest BCUT2D eigenvalue weighted by molar-refractivity contribution is 0.773. The van der Waals surface area contributed by atoms with E-state index in [9.17, 15) is 0 Å². The lowest BCUT2D eigenvalue weighted by Crippen LogP contribution is -2.45. The molecular formula is C33H40P2+2. The Morgan fingerprint density at radius 1 is 0.371 bits per heavy atom. The Balaban J connectivity index is 2.15. The molecule has 2 heteroatoms. The third-order valence-electron chi connectivity index (χ3n) is 7.50. The Bertz CT molecular complexity index is 1020. The summed E-state index contributed by atoms with van der Waals surface area (Å²) in [7, 11) is -3.77. The van der Waals surface area contributed by atoms with Crippen LogP contribution in [0.1, 0.15) is 41.5 Å². The summed E-state index contributed by atoms with van der Waals surface area (Å²) in [6.07, 6.45) is 0. The van der Waals surface area contributed by atoms with E-state index in [1.807, 2.05) is 0 Å². The fourth-order valence-corrected chi connectivity index (χ4v) is 20.6. The van der Waals surface area contributed by atoms with Crippen molar-refractivity contribution >= 4 is 35.7 Å².